The molecule has 0 saturated carbocycles. The largest absolute Gasteiger partial charge is 0.492 e. The number of rotatable bonds is 6. The third kappa shape index (κ3) is 2.00. The van der Waals surface area contributed by atoms with E-state index in [2.05, 4.69) is 11.8 Å². The molecule has 6 rings (SSSR count). The topological polar surface area (TPSA) is 66.5 Å². The number of cyclic esters (lactones) is 1. The van der Waals surface area contributed by atoms with Crippen LogP contribution in [0.25, 0.3) is 0 Å². The molecular weight excluding hydrogens is 386 g/mol. The molecule has 6 aliphatic heterocycles. The maximum Gasteiger partial charge on any atom is 0.343 e. The van der Waals surface area contributed by atoms with Gasteiger partial charge >= 0.3 is 5.97 Å². The number of esters is 1. The van der Waals surface area contributed by atoms with Crippen molar-refractivity contribution in [2.24, 2.45) is 17.8 Å². The molecule has 0 amide bonds. The minimum atomic E-state index is -0.592. The van der Waals surface area contributed by atoms with Crippen molar-refractivity contribution in [1.29, 1.82) is 0 Å². The number of carbonyl (C=O) groups excluding carboxylic acids is 1. The average molecular weight is 418 g/mol. The van der Waals surface area contributed by atoms with Crippen molar-refractivity contribution in [3.05, 3.63) is 22.9 Å². The average Bonchev–Trinajstić information content (AvgIpc) is 3.43. The van der Waals surface area contributed by atoms with Crippen LogP contribution in [0.2, 0.25) is 0 Å². The summed E-state index contributed by atoms with van der Waals surface area (Å²) in [6.07, 6.45) is 5.78. The fourth-order valence-electron chi connectivity index (χ4n) is 7.83. The number of allylic oxidation sites excluding steroid dienone is 1. The van der Waals surface area contributed by atoms with Gasteiger partial charge in [-0.05, 0) is 45.6 Å². The fourth-order valence-corrected chi connectivity index (χ4v) is 7.83. The van der Waals surface area contributed by atoms with Crippen LogP contribution in [0.1, 0.15) is 46.0 Å². The zero-order chi connectivity index (χ0) is 20.8. The number of hydrogen-bond donors (Lipinski definition) is 0. The zero-order valence-corrected chi connectivity index (χ0v) is 18.2. The fraction of sp³-hybridized carbons (Fsp3) is 0.783. The van der Waals surface area contributed by atoms with Gasteiger partial charge in [0, 0.05) is 31.6 Å². The Morgan fingerprint density at radius 1 is 1.27 bits per heavy atom. The van der Waals surface area contributed by atoms with Crippen LogP contribution >= 0.6 is 0 Å². The van der Waals surface area contributed by atoms with E-state index in [4.69, 9.17) is 23.7 Å². The van der Waals surface area contributed by atoms with Gasteiger partial charge in [0.25, 0.3) is 0 Å². The van der Waals surface area contributed by atoms with Crippen LogP contribution in [0, 0.1) is 17.8 Å². The highest BCUT2D eigenvalue weighted by molar-refractivity contribution is 5.93. The summed E-state index contributed by atoms with van der Waals surface area (Å²) in [4.78, 5) is 15.0. The summed E-state index contributed by atoms with van der Waals surface area (Å²) >= 11 is 0. The number of hydrogen-bond acceptors (Lipinski definition) is 7. The molecule has 5 saturated heterocycles. The van der Waals surface area contributed by atoms with Crippen LogP contribution in [-0.2, 0) is 28.5 Å². The monoisotopic (exact) mass is 417 g/mol. The molecule has 1 spiro atoms. The van der Waals surface area contributed by atoms with E-state index < -0.39 is 5.79 Å². The second-order valence-electron chi connectivity index (χ2n) is 9.76. The van der Waals surface area contributed by atoms with Gasteiger partial charge in [0.2, 0.25) is 11.5 Å². The van der Waals surface area contributed by atoms with Crippen LogP contribution < -0.4 is 0 Å². The van der Waals surface area contributed by atoms with E-state index >= 15 is 0 Å². The zero-order valence-electron chi connectivity index (χ0n) is 18.2. The first kappa shape index (κ1) is 19.1. The lowest BCUT2D eigenvalue weighted by molar-refractivity contribution is -0.256. The van der Waals surface area contributed by atoms with Gasteiger partial charge < -0.3 is 23.7 Å². The quantitative estimate of drug-likeness (QED) is 0.486. The molecule has 164 valence electrons. The molecule has 6 unspecified atom stereocenters. The lowest BCUT2D eigenvalue weighted by Crippen LogP contribution is -2.61. The third-order valence-electron chi connectivity index (χ3n) is 8.77. The maximum absolute atomic E-state index is 12.2. The molecule has 0 radical (unpaired) electrons. The van der Waals surface area contributed by atoms with Crippen molar-refractivity contribution in [2.45, 2.75) is 69.4 Å². The predicted octanol–water partition coefficient (Wildman–Crippen LogP) is 2.72. The Kier molecular flexibility index (Phi) is 3.98. The van der Waals surface area contributed by atoms with E-state index in [-0.39, 0.29) is 29.4 Å². The van der Waals surface area contributed by atoms with Crippen molar-refractivity contribution in [3.8, 4) is 0 Å². The Hall–Kier alpha value is -1.57. The number of ether oxygens (including phenoxy) is 5. The van der Waals surface area contributed by atoms with Gasteiger partial charge in [0.05, 0.1) is 30.2 Å². The molecule has 7 nitrogen and oxygen atoms in total. The van der Waals surface area contributed by atoms with Crippen LogP contribution in [-0.4, -0.2) is 61.7 Å². The van der Waals surface area contributed by atoms with Crippen molar-refractivity contribution < 1.29 is 28.5 Å². The first-order valence-corrected chi connectivity index (χ1v) is 11.3. The standard InChI is InChI=1S/C23H31NO6/c1-12-17-14-11-16-22(8-5-6-10-26-3)15(7-9-24(14)22)23(17,29-16)30-19(12)20-18(27-4)13(2)21(25)28-20/h12,14-17H,5-11H2,1-4H3/b20-19-/t12-,14?,15?,16?,17?,22?,23+/m0/s1. The van der Waals surface area contributed by atoms with Crippen LogP contribution in [0.3, 0.4) is 0 Å². The van der Waals surface area contributed by atoms with Gasteiger partial charge in [0.1, 0.15) is 5.76 Å². The summed E-state index contributed by atoms with van der Waals surface area (Å²) in [5.74, 6) is 1.47. The summed E-state index contributed by atoms with van der Waals surface area (Å²) in [6, 6.07) is 0.464. The van der Waals surface area contributed by atoms with Crippen molar-refractivity contribution in [1.82, 2.24) is 4.90 Å². The normalized spacial score (nSPS) is 49.8. The first-order chi connectivity index (χ1) is 14.5. The number of methoxy groups -OCH3 is 2. The molecule has 0 N–H and O–H groups in total. The summed E-state index contributed by atoms with van der Waals surface area (Å²) in [7, 11) is 3.35. The summed E-state index contributed by atoms with van der Waals surface area (Å²) in [6.45, 7) is 5.88. The summed E-state index contributed by atoms with van der Waals surface area (Å²) in [5, 5.41) is 0. The van der Waals surface area contributed by atoms with Gasteiger partial charge in [0.15, 0.2) is 5.76 Å². The molecule has 0 aromatic heterocycles. The van der Waals surface area contributed by atoms with Crippen LogP contribution in [0.15, 0.2) is 22.9 Å². The lowest BCUT2D eigenvalue weighted by Gasteiger charge is -2.48. The summed E-state index contributed by atoms with van der Waals surface area (Å²) in [5.41, 5.74) is 0.592. The Bertz CT molecular complexity index is 866. The van der Waals surface area contributed by atoms with Crippen LogP contribution in [0.5, 0.6) is 0 Å². The molecule has 8 atom stereocenters. The number of nitrogens with zero attached hydrogens (tertiary/aromatic N) is 1. The van der Waals surface area contributed by atoms with Crippen LogP contribution in [0.4, 0.5) is 0 Å². The molecule has 5 fully saturated rings. The van der Waals surface area contributed by atoms with Gasteiger partial charge in [-0.25, -0.2) is 4.79 Å². The highest BCUT2D eigenvalue weighted by Crippen LogP contribution is 2.73. The lowest BCUT2D eigenvalue weighted by atomic mass is 9.69. The van der Waals surface area contributed by atoms with Crippen molar-refractivity contribution >= 4 is 5.97 Å². The Labute approximate surface area is 177 Å². The molecule has 6 heterocycles. The first-order valence-electron chi connectivity index (χ1n) is 11.3. The number of fused-ring (bicyclic) bond motifs is 1. The Balaban J connectivity index is 1.38. The molecule has 6 aliphatic rings. The van der Waals surface area contributed by atoms with Crippen molar-refractivity contribution in [2.75, 3.05) is 27.4 Å². The minimum absolute atomic E-state index is 0.0942. The second kappa shape index (κ2) is 6.24. The SMILES string of the molecule is COCCCCC12C3CC4C5[C@H](C)/C(=C6/OC(=O)C(C)=C6OC)O[C@]5(O3)C1CCN42. The van der Waals surface area contributed by atoms with E-state index in [1.54, 1.807) is 21.1 Å². The van der Waals surface area contributed by atoms with Crippen molar-refractivity contribution in [3.63, 3.8) is 0 Å². The van der Waals surface area contributed by atoms with Gasteiger partial charge in [-0.2, -0.15) is 0 Å². The molecule has 0 aromatic rings. The molecule has 0 aromatic carbocycles. The molecule has 30 heavy (non-hydrogen) atoms. The third-order valence-corrected chi connectivity index (χ3v) is 8.77. The van der Waals surface area contributed by atoms with E-state index in [0.717, 1.165) is 51.0 Å². The summed E-state index contributed by atoms with van der Waals surface area (Å²) < 4.78 is 30.0. The molecule has 7 heteroatoms. The molecule has 0 aliphatic carbocycles. The smallest absolute Gasteiger partial charge is 0.343 e. The van der Waals surface area contributed by atoms with E-state index in [1.807, 2.05) is 0 Å². The Morgan fingerprint density at radius 3 is 2.87 bits per heavy atom. The second-order valence-corrected chi connectivity index (χ2v) is 9.76. The van der Waals surface area contributed by atoms with E-state index in [9.17, 15) is 4.79 Å². The van der Waals surface area contributed by atoms with Gasteiger partial charge in [-0.1, -0.05) is 6.92 Å². The number of piperidine rings is 1. The van der Waals surface area contributed by atoms with E-state index in [0.29, 0.717) is 29.1 Å². The van der Waals surface area contributed by atoms with Gasteiger partial charge in [-0.15, -0.1) is 0 Å². The minimum Gasteiger partial charge on any atom is -0.492 e. The molecular formula is C23H31NO6. The predicted molar refractivity (Wildman–Crippen MR) is 106 cm³/mol. The van der Waals surface area contributed by atoms with Gasteiger partial charge in [-0.3, -0.25) is 4.90 Å². The highest BCUT2D eigenvalue weighted by atomic mass is 16.7. The number of carbonyl (C=O) groups is 1. The molecule has 5 bridgehead atoms. The number of unbranched alkanes of at least 4 members (excludes halogenated alkanes) is 1. The maximum atomic E-state index is 12.2. The van der Waals surface area contributed by atoms with E-state index in [1.165, 1.54) is 0 Å². The Morgan fingerprint density at radius 2 is 2.10 bits per heavy atom. The highest BCUT2D eigenvalue weighted by Gasteiger charge is 2.84.